The summed E-state index contributed by atoms with van der Waals surface area (Å²) < 4.78 is 97.6. The van der Waals surface area contributed by atoms with Gasteiger partial charge < -0.3 is 0 Å². The van der Waals surface area contributed by atoms with Crippen LogP contribution in [0.1, 0.15) is 29.5 Å². The first-order valence-electron chi connectivity index (χ1n) is 13.1. The number of benzene rings is 2. The Morgan fingerprint density at radius 1 is 0.643 bits per heavy atom. The minimum atomic E-state index is -6.40. The molecule has 2 atom stereocenters. The van der Waals surface area contributed by atoms with Crippen LogP contribution < -0.4 is 0 Å². The number of furan rings is 2. The van der Waals surface area contributed by atoms with Gasteiger partial charge in [-0.15, -0.1) is 0 Å². The first-order valence-corrected chi connectivity index (χ1v) is 29.4. The van der Waals surface area contributed by atoms with Gasteiger partial charge in [-0.3, -0.25) is 0 Å². The zero-order valence-electron chi connectivity index (χ0n) is 22.2. The van der Waals surface area contributed by atoms with Gasteiger partial charge in [0.1, 0.15) is 0 Å². The maximum atomic E-state index is 15.0. The van der Waals surface area contributed by atoms with E-state index < -0.39 is 52.2 Å². The quantitative estimate of drug-likeness (QED) is 0.152. The van der Waals surface area contributed by atoms with Gasteiger partial charge in [0.25, 0.3) is 0 Å². The van der Waals surface area contributed by atoms with E-state index in [1.807, 2.05) is 0 Å². The summed E-state index contributed by atoms with van der Waals surface area (Å²) in [6, 6.07) is 15.8. The summed E-state index contributed by atoms with van der Waals surface area (Å²) in [6.45, 7) is 3.35. The van der Waals surface area contributed by atoms with Gasteiger partial charge in [0.2, 0.25) is 0 Å². The Hall–Kier alpha value is -2.26. The summed E-state index contributed by atoms with van der Waals surface area (Å²) >= 11 is -6.40. The van der Waals surface area contributed by atoms with Crippen LogP contribution >= 0.6 is 17.0 Å². The minimum absolute atomic E-state index is 0.185. The fourth-order valence-electron chi connectivity index (χ4n) is 6.61. The van der Waals surface area contributed by atoms with Gasteiger partial charge in [0.15, 0.2) is 0 Å². The maximum absolute atomic E-state index is 15.0. The van der Waals surface area contributed by atoms with Gasteiger partial charge in [0, 0.05) is 0 Å². The van der Waals surface area contributed by atoms with Crippen molar-refractivity contribution >= 4 is 35.1 Å². The Morgan fingerprint density at radius 3 is 1.36 bits per heavy atom. The third-order valence-corrected chi connectivity index (χ3v) is 60.1. The predicted octanol–water partition coefficient (Wildman–Crippen LogP) is 10.9. The molecule has 2 aliphatic rings. The SMILES string of the molecule is C[SiH](C)[Zr]([Cl])([Cl])([CH]1C(C(F)(F)F)=Cc2c(-c3ccco3)cccc21)[CH]1C(C(F)(F)F)=Cc2c(-c3ccco3)cccc21. The Balaban J connectivity index is 1.67. The van der Waals surface area contributed by atoms with E-state index in [0.717, 1.165) is 12.2 Å². The molecule has 2 heterocycles. The van der Waals surface area contributed by atoms with Crippen molar-refractivity contribution in [1.29, 1.82) is 0 Å². The van der Waals surface area contributed by atoms with Crippen LogP contribution in [0.25, 0.3) is 34.8 Å². The second-order valence-corrected chi connectivity index (χ2v) is 53.5. The fraction of sp³-hybridized carbons (Fsp3) is 0.200. The summed E-state index contributed by atoms with van der Waals surface area (Å²) in [4.78, 5) is 0. The average molecular weight is 720 g/mol. The number of allylic oxidation sites excluding steroid dienone is 2. The van der Waals surface area contributed by atoms with Crippen LogP contribution in [-0.2, 0) is 15.6 Å². The number of alkyl halides is 6. The Bertz CT molecular complexity index is 1620. The molecule has 0 aliphatic heterocycles. The average Bonchev–Trinajstić information content (AvgIpc) is 3.71. The molecule has 0 saturated heterocycles. The molecule has 0 spiro atoms. The van der Waals surface area contributed by atoms with E-state index in [-0.39, 0.29) is 22.3 Å². The summed E-state index contributed by atoms with van der Waals surface area (Å²) in [5.41, 5.74) is -0.457. The molecule has 6 rings (SSSR count). The van der Waals surface area contributed by atoms with Crippen molar-refractivity contribution in [3.05, 3.63) is 107 Å². The van der Waals surface area contributed by atoms with Crippen LogP contribution in [0.5, 0.6) is 0 Å². The van der Waals surface area contributed by atoms with Crippen molar-refractivity contribution in [3.63, 3.8) is 0 Å². The van der Waals surface area contributed by atoms with Crippen LogP contribution in [0, 0.1) is 0 Å². The van der Waals surface area contributed by atoms with E-state index >= 15 is 0 Å². The number of hydrogen-bond acceptors (Lipinski definition) is 2. The number of fused-ring (bicyclic) bond motifs is 2. The van der Waals surface area contributed by atoms with Crippen molar-refractivity contribution in [2.24, 2.45) is 0 Å². The zero-order valence-corrected chi connectivity index (χ0v) is 27.3. The molecule has 0 radical (unpaired) electrons. The molecule has 0 fully saturated rings. The molecular formula is C30H23Cl2F6O2SiZr. The number of halogens is 8. The van der Waals surface area contributed by atoms with Crippen molar-refractivity contribution in [2.75, 3.05) is 0 Å². The van der Waals surface area contributed by atoms with E-state index in [1.54, 1.807) is 61.6 Å². The van der Waals surface area contributed by atoms with Gasteiger partial charge >= 0.3 is 248 Å². The van der Waals surface area contributed by atoms with Crippen molar-refractivity contribution in [1.82, 2.24) is 0 Å². The van der Waals surface area contributed by atoms with Crippen LogP contribution in [0.4, 0.5) is 26.3 Å². The van der Waals surface area contributed by atoms with Gasteiger partial charge in [-0.25, -0.2) is 0 Å². The van der Waals surface area contributed by atoms with Crippen molar-refractivity contribution < 1.29 is 50.7 Å². The molecule has 2 aliphatic carbocycles. The van der Waals surface area contributed by atoms with Gasteiger partial charge in [0.05, 0.1) is 0 Å². The van der Waals surface area contributed by atoms with Crippen LogP contribution in [-0.4, -0.2) is 18.3 Å². The molecule has 0 amide bonds. The summed E-state index contributed by atoms with van der Waals surface area (Å²) in [5.74, 6) is -2.04. The first kappa shape index (κ1) is 29.8. The summed E-state index contributed by atoms with van der Waals surface area (Å²) in [5, 5.41) is 0. The molecule has 0 bridgehead atoms. The van der Waals surface area contributed by atoms with E-state index in [2.05, 4.69) is 0 Å². The molecule has 2 nitrogen and oxygen atoms in total. The van der Waals surface area contributed by atoms with Gasteiger partial charge in [-0.1, -0.05) is 0 Å². The second-order valence-electron chi connectivity index (χ2n) is 11.0. The molecule has 42 heavy (non-hydrogen) atoms. The Kier molecular flexibility index (Phi) is 7.01. The molecule has 4 aromatic rings. The van der Waals surface area contributed by atoms with Crippen molar-refractivity contribution in [3.8, 4) is 22.6 Å². The molecule has 2 aromatic carbocycles. The molecular weight excluding hydrogens is 697 g/mol. The van der Waals surface area contributed by atoms with Crippen LogP contribution in [0.15, 0.2) is 93.2 Å². The summed E-state index contributed by atoms with van der Waals surface area (Å²) in [6.07, 6.45) is -5.00. The Morgan fingerprint density at radius 2 is 1.05 bits per heavy atom. The first-order chi connectivity index (χ1) is 19.6. The van der Waals surface area contributed by atoms with Gasteiger partial charge in [-0.05, 0) is 0 Å². The fourth-order valence-corrected chi connectivity index (χ4v) is 36.7. The molecule has 12 heteroatoms. The van der Waals surface area contributed by atoms with Crippen LogP contribution in [0.2, 0.25) is 13.1 Å². The van der Waals surface area contributed by atoms with Gasteiger partial charge in [-0.2, -0.15) is 0 Å². The summed E-state index contributed by atoms with van der Waals surface area (Å²) in [7, 11) is 15.3. The van der Waals surface area contributed by atoms with E-state index in [1.165, 1.54) is 24.7 Å². The third-order valence-electron chi connectivity index (χ3n) is 8.56. The standard InChI is InChI=1S/2C14H8F3O.C2H7Si.2ClH.Zr/c2*15-14(16,17)10-7-9-3-1-4-11(12(9)8-10)13-5-2-6-18-13;1-3-2;;;/h2*1-8H;3H,1-2H3;2*1H;/q;;;;;+2/p-2. The molecule has 219 valence electrons. The normalized spacial score (nSPS) is 19.7. The molecule has 0 saturated carbocycles. The van der Waals surface area contributed by atoms with E-state index in [9.17, 15) is 26.3 Å². The zero-order chi connectivity index (χ0) is 30.3. The van der Waals surface area contributed by atoms with E-state index in [4.69, 9.17) is 25.9 Å². The third kappa shape index (κ3) is 4.39. The number of hydrogen-bond donors (Lipinski definition) is 0. The molecule has 0 N–H and O–H groups in total. The van der Waals surface area contributed by atoms with Crippen LogP contribution in [0.3, 0.4) is 0 Å². The molecule has 2 aromatic heterocycles. The Labute approximate surface area is 246 Å². The topological polar surface area (TPSA) is 26.3 Å². The van der Waals surface area contributed by atoms with E-state index in [0.29, 0.717) is 22.6 Å². The number of rotatable bonds is 5. The molecule has 2 unspecified atom stereocenters. The second kappa shape index (κ2) is 9.88. The monoisotopic (exact) mass is 717 g/mol. The predicted molar refractivity (Wildman–Crippen MR) is 152 cm³/mol. The van der Waals surface area contributed by atoms with Crippen molar-refractivity contribution in [2.45, 2.75) is 32.7 Å².